The largest absolute Gasteiger partial charge is 0.379 e. The SMILES string of the molecule is CCc1nn(CCC(C)(C)OC)c(CC)c1CCl. The predicted molar refractivity (Wildman–Crippen MR) is 76.2 cm³/mol. The van der Waals surface area contributed by atoms with Crippen molar-refractivity contribution >= 4 is 11.6 Å². The molecule has 4 heteroatoms. The summed E-state index contributed by atoms with van der Waals surface area (Å²) in [6.07, 6.45) is 2.86. The van der Waals surface area contributed by atoms with Crippen LogP contribution in [0.4, 0.5) is 0 Å². The molecule has 1 aromatic rings. The molecule has 0 aliphatic rings. The van der Waals surface area contributed by atoms with E-state index in [1.54, 1.807) is 7.11 Å². The molecule has 0 radical (unpaired) electrons. The van der Waals surface area contributed by atoms with Crippen LogP contribution < -0.4 is 0 Å². The van der Waals surface area contributed by atoms with Gasteiger partial charge in [0.15, 0.2) is 0 Å². The van der Waals surface area contributed by atoms with Gasteiger partial charge in [0.05, 0.1) is 17.2 Å². The van der Waals surface area contributed by atoms with Crippen LogP contribution in [0.25, 0.3) is 0 Å². The summed E-state index contributed by atoms with van der Waals surface area (Å²) in [5.74, 6) is 0.556. The normalized spacial score (nSPS) is 12.1. The van der Waals surface area contributed by atoms with Gasteiger partial charge in [0.2, 0.25) is 0 Å². The highest BCUT2D eigenvalue weighted by Crippen LogP contribution is 2.21. The summed E-state index contributed by atoms with van der Waals surface area (Å²) < 4.78 is 7.56. The molecular weight excluding hydrogens is 248 g/mol. The fraction of sp³-hybridized carbons (Fsp3) is 0.786. The highest BCUT2D eigenvalue weighted by atomic mass is 35.5. The van der Waals surface area contributed by atoms with Crippen molar-refractivity contribution in [2.75, 3.05) is 7.11 Å². The number of halogens is 1. The Morgan fingerprint density at radius 3 is 2.39 bits per heavy atom. The summed E-state index contributed by atoms with van der Waals surface area (Å²) >= 11 is 6.05. The molecule has 1 aromatic heterocycles. The average molecular weight is 273 g/mol. The number of nitrogens with zero attached hydrogens (tertiary/aromatic N) is 2. The van der Waals surface area contributed by atoms with Crippen molar-refractivity contribution < 1.29 is 4.74 Å². The number of alkyl halides is 1. The maximum atomic E-state index is 6.05. The molecule has 1 heterocycles. The Kier molecular flexibility index (Phi) is 5.67. The molecule has 0 saturated heterocycles. The molecule has 0 atom stereocenters. The first-order valence-electron chi connectivity index (χ1n) is 6.67. The van der Waals surface area contributed by atoms with Crippen LogP contribution in [0.2, 0.25) is 0 Å². The van der Waals surface area contributed by atoms with Gasteiger partial charge in [-0.25, -0.2) is 0 Å². The molecule has 18 heavy (non-hydrogen) atoms. The summed E-state index contributed by atoms with van der Waals surface area (Å²) in [6.45, 7) is 9.37. The maximum Gasteiger partial charge on any atom is 0.0668 e. The number of hydrogen-bond donors (Lipinski definition) is 0. The van der Waals surface area contributed by atoms with Crippen LogP contribution in [0.15, 0.2) is 0 Å². The summed E-state index contributed by atoms with van der Waals surface area (Å²) in [5, 5.41) is 4.68. The van der Waals surface area contributed by atoms with Crippen LogP contribution in [0.5, 0.6) is 0 Å². The molecule has 0 N–H and O–H groups in total. The first-order chi connectivity index (χ1) is 8.49. The lowest BCUT2D eigenvalue weighted by Gasteiger charge is -2.23. The van der Waals surface area contributed by atoms with Gasteiger partial charge in [0, 0.05) is 24.9 Å². The number of ether oxygens (including phenoxy) is 1. The molecule has 0 aliphatic carbocycles. The van der Waals surface area contributed by atoms with Crippen LogP contribution >= 0.6 is 11.6 Å². The Morgan fingerprint density at radius 1 is 1.28 bits per heavy atom. The van der Waals surface area contributed by atoms with Gasteiger partial charge < -0.3 is 4.74 Å². The first kappa shape index (κ1) is 15.5. The third kappa shape index (κ3) is 3.48. The molecule has 0 spiro atoms. The van der Waals surface area contributed by atoms with E-state index in [2.05, 4.69) is 37.5 Å². The lowest BCUT2D eigenvalue weighted by Crippen LogP contribution is -2.25. The quantitative estimate of drug-likeness (QED) is 0.710. The van der Waals surface area contributed by atoms with Crippen molar-refractivity contribution in [2.45, 2.75) is 65.0 Å². The van der Waals surface area contributed by atoms with E-state index in [9.17, 15) is 0 Å². The van der Waals surface area contributed by atoms with E-state index >= 15 is 0 Å². The van der Waals surface area contributed by atoms with E-state index in [-0.39, 0.29) is 5.60 Å². The molecule has 3 nitrogen and oxygen atoms in total. The van der Waals surface area contributed by atoms with Gasteiger partial charge in [-0.15, -0.1) is 11.6 Å². The smallest absolute Gasteiger partial charge is 0.0668 e. The average Bonchev–Trinajstić information content (AvgIpc) is 2.73. The molecule has 0 aromatic carbocycles. The Hall–Kier alpha value is -0.540. The van der Waals surface area contributed by atoms with Crippen molar-refractivity contribution in [3.05, 3.63) is 17.0 Å². The molecule has 1 rings (SSSR count). The molecule has 0 bridgehead atoms. The third-order valence-corrected chi connectivity index (χ3v) is 3.80. The standard InChI is InChI=1S/C14H25ClN2O/c1-6-12-11(10-15)13(7-2)17(16-12)9-8-14(3,4)18-5/h6-10H2,1-5H3. The Labute approximate surface area is 115 Å². The van der Waals surface area contributed by atoms with Crippen LogP contribution in [0.3, 0.4) is 0 Å². The van der Waals surface area contributed by atoms with E-state index < -0.39 is 0 Å². The molecule has 0 amide bonds. The number of aromatic nitrogens is 2. The fourth-order valence-electron chi connectivity index (χ4n) is 2.09. The summed E-state index contributed by atoms with van der Waals surface area (Å²) in [5.41, 5.74) is 3.52. The van der Waals surface area contributed by atoms with E-state index in [1.807, 2.05) is 0 Å². The Bertz CT molecular complexity index is 385. The molecule has 104 valence electrons. The van der Waals surface area contributed by atoms with Crippen molar-refractivity contribution in [2.24, 2.45) is 0 Å². The zero-order valence-corrected chi connectivity index (χ0v) is 13.0. The third-order valence-electron chi connectivity index (χ3n) is 3.53. The highest BCUT2D eigenvalue weighted by Gasteiger charge is 2.19. The minimum Gasteiger partial charge on any atom is -0.379 e. The fourth-order valence-corrected chi connectivity index (χ4v) is 2.39. The van der Waals surface area contributed by atoms with Crippen molar-refractivity contribution in [3.63, 3.8) is 0 Å². The van der Waals surface area contributed by atoms with E-state index in [4.69, 9.17) is 16.3 Å². The summed E-state index contributed by atoms with van der Waals surface area (Å²) in [6, 6.07) is 0. The van der Waals surface area contributed by atoms with Crippen LogP contribution in [0, 0.1) is 0 Å². The Morgan fingerprint density at radius 2 is 1.94 bits per heavy atom. The zero-order valence-electron chi connectivity index (χ0n) is 12.2. The van der Waals surface area contributed by atoms with E-state index in [0.717, 1.165) is 31.5 Å². The minimum absolute atomic E-state index is 0.107. The molecule has 0 fully saturated rings. The van der Waals surface area contributed by atoms with Gasteiger partial charge in [-0.2, -0.15) is 5.10 Å². The maximum absolute atomic E-state index is 6.05. The predicted octanol–water partition coefficient (Wildman–Crippen LogP) is 3.56. The lowest BCUT2D eigenvalue weighted by atomic mass is 10.1. The van der Waals surface area contributed by atoms with Gasteiger partial charge in [0.25, 0.3) is 0 Å². The number of methoxy groups -OCH3 is 1. The second-order valence-electron chi connectivity index (χ2n) is 5.15. The van der Waals surface area contributed by atoms with Gasteiger partial charge in [-0.05, 0) is 33.1 Å². The minimum atomic E-state index is -0.107. The van der Waals surface area contributed by atoms with E-state index in [0.29, 0.717) is 5.88 Å². The summed E-state index contributed by atoms with van der Waals surface area (Å²) in [4.78, 5) is 0. The monoisotopic (exact) mass is 272 g/mol. The first-order valence-corrected chi connectivity index (χ1v) is 7.21. The van der Waals surface area contributed by atoms with Crippen molar-refractivity contribution in [1.29, 1.82) is 0 Å². The Balaban J connectivity index is 2.92. The number of aryl methyl sites for hydroxylation is 2. The van der Waals surface area contributed by atoms with Crippen LogP contribution in [-0.2, 0) is 30.0 Å². The van der Waals surface area contributed by atoms with Gasteiger partial charge >= 0.3 is 0 Å². The van der Waals surface area contributed by atoms with Crippen molar-refractivity contribution in [3.8, 4) is 0 Å². The summed E-state index contributed by atoms with van der Waals surface area (Å²) in [7, 11) is 1.76. The lowest BCUT2D eigenvalue weighted by molar-refractivity contribution is 0.0111. The van der Waals surface area contributed by atoms with Crippen molar-refractivity contribution in [1.82, 2.24) is 9.78 Å². The van der Waals surface area contributed by atoms with Crippen LogP contribution in [0.1, 0.15) is 51.1 Å². The molecule has 0 saturated carbocycles. The topological polar surface area (TPSA) is 27.1 Å². The second kappa shape index (κ2) is 6.58. The van der Waals surface area contributed by atoms with Gasteiger partial charge in [0.1, 0.15) is 0 Å². The molecule has 0 unspecified atom stereocenters. The zero-order chi connectivity index (χ0) is 13.8. The van der Waals surface area contributed by atoms with E-state index in [1.165, 1.54) is 11.3 Å². The van der Waals surface area contributed by atoms with Gasteiger partial charge in [-0.1, -0.05) is 13.8 Å². The van der Waals surface area contributed by atoms with Gasteiger partial charge in [-0.3, -0.25) is 4.68 Å². The number of hydrogen-bond acceptors (Lipinski definition) is 2. The highest BCUT2D eigenvalue weighted by molar-refractivity contribution is 6.17. The van der Waals surface area contributed by atoms with Crippen LogP contribution in [-0.4, -0.2) is 22.5 Å². The second-order valence-corrected chi connectivity index (χ2v) is 5.42. The molecular formula is C14H25ClN2O. The number of rotatable bonds is 7. The molecule has 0 aliphatic heterocycles.